The van der Waals surface area contributed by atoms with Crippen LogP contribution >= 0.6 is 0 Å². The van der Waals surface area contributed by atoms with Gasteiger partial charge in [0.25, 0.3) is 0 Å². The number of hydrogen-bond donors (Lipinski definition) is 0. The minimum Gasteiger partial charge on any atom is -0.332 e. The Morgan fingerprint density at radius 3 is 2.54 bits per heavy atom. The number of amides is 1. The largest absolute Gasteiger partial charge is 0.332 e. The number of nitrogens with zero attached hydrogens (tertiary/aromatic N) is 4. The molecule has 0 N–H and O–H groups in total. The summed E-state index contributed by atoms with van der Waals surface area (Å²) in [6.45, 7) is 4.47. The van der Waals surface area contributed by atoms with Crippen molar-refractivity contribution in [1.29, 1.82) is 5.26 Å². The van der Waals surface area contributed by atoms with Gasteiger partial charge in [-0.1, -0.05) is 30.3 Å². The smallest absolute Gasteiger partial charge is 0.247 e. The van der Waals surface area contributed by atoms with Crippen LogP contribution in [0.1, 0.15) is 30.5 Å². The highest BCUT2D eigenvalue weighted by Gasteiger charge is 2.15. The van der Waals surface area contributed by atoms with Gasteiger partial charge in [0.15, 0.2) is 0 Å². The molecule has 1 aromatic heterocycles. The third kappa shape index (κ3) is 4.74. The molecule has 0 bridgehead atoms. The Kier molecular flexibility index (Phi) is 6.03. The van der Waals surface area contributed by atoms with Gasteiger partial charge in [-0.05, 0) is 49.8 Å². The van der Waals surface area contributed by atoms with Crippen LogP contribution in [0.15, 0.2) is 73.1 Å². The number of para-hydroxylation sites is 1. The SMILES string of the molecule is CC(C)N(Cc1ccc(C#N)cc1)C(=O)/C=C/c1cnn(-c2ccccc2)c1. The molecule has 2 aromatic carbocycles. The third-order valence-corrected chi connectivity index (χ3v) is 4.38. The molecule has 1 heterocycles. The maximum absolute atomic E-state index is 12.7. The normalized spacial score (nSPS) is 10.9. The van der Waals surface area contributed by atoms with E-state index < -0.39 is 0 Å². The maximum Gasteiger partial charge on any atom is 0.247 e. The number of hydrogen-bond acceptors (Lipinski definition) is 3. The lowest BCUT2D eigenvalue weighted by Crippen LogP contribution is -2.35. The monoisotopic (exact) mass is 370 g/mol. The molecule has 0 aliphatic carbocycles. The first-order valence-corrected chi connectivity index (χ1v) is 9.14. The average molecular weight is 370 g/mol. The highest BCUT2D eigenvalue weighted by atomic mass is 16.2. The van der Waals surface area contributed by atoms with Crippen LogP contribution in [0.4, 0.5) is 0 Å². The van der Waals surface area contributed by atoms with Crippen LogP contribution in [0.25, 0.3) is 11.8 Å². The predicted molar refractivity (Wildman–Crippen MR) is 109 cm³/mol. The maximum atomic E-state index is 12.7. The number of aromatic nitrogens is 2. The highest BCUT2D eigenvalue weighted by molar-refractivity contribution is 5.91. The summed E-state index contributed by atoms with van der Waals surface area (Å²) in [5.74, 6) is -0.0631. The van der Waals surface area contributed by atoms with Crippen molar-refractivity contribution < 1.29 is 4.79 Å². The summed E-state index contributed by atoms with van der Waals surface area (Å²) in [4.78, 5) is 14.5. The first-order valence-electron chi connectivity index (χ1n) is 9.14. The quantitative estimate of drug-likeness (QED) is 0.611. The van der Waals surface area contributed by atoms with Gasteiger partial charge < -0.3 is 4.90 Å². The molecule has 0 atom stereocenters. The van der Waals surface area contributed by atoms with E-state index in [-0.39, 0.29) is 11.9 Å². The topological polar surface area (TPSA) is 61.9 Å². The van der Waals surface area contributed by atoms with E-state index >= 15 is 0 Å². The summed E-state index contributed by atoms with van der Waals surface area (Å²) in [5.41, 5.74) is 3.44. The standard InChI is InChI=1S/C23H22N4O/c1-18(2)26(16-20-10-8-19(14-24)9-11-20)23(28)13-12-21-15-25-27(17-21)22-6-4-3-5-7-22/h3-13,15,17-18H,16H2,1-2H3/b13-12+. The molecular weight excluding hydrogens is 348 g/mol. The molecular formula is C23H22N4O. The summed E-state index contributed by atoms with van der Waals surface area (Å²) in [5, 5.41) is 13.3. The molecule has 0 aliphatic rings. The van der Waals surface area contributed by atoms with Gasteiger partial charge in [0.1, 0.15) is 0 Å². The van der Waals surface area contributed by atoms with E-state index in [2.05, 4.69) is 11.2 Å². The van der Waals surface area contributed by atoms with Crippen LogP contribution in [0.2, 0.25) is 0 Å². The first kappa shape index (κ1) is 19.1. The second-order valence-corrected chi connectivity index (χ2v) is 6.76. The van der Waals surface area contributed by atoms with Crippen LogP contribution in [-0.2, 0) is 11.3 Å². The molecule has 0 saturated heterocycles. The zero-order valence-corrected chi connectivity index (χ0v) is 16.0. The lowest BCUT2D eigenvalue weighted by molar-refractivity contribution is -0.128. The molecule has 3 rings (SSSR count). The molecule has 140 valence electrons. The summed E-state index contributed by atoms with van der Waals surface area (Å²) in [6.07, 6.45) is 6.98. The Morgan fingerprint density at radius 2 is 1.89 bits per heavy atom. The molecule has 0 aliphatic heterocycles. The van der Waals surface area contributed by atoms with Crippen LogP contribution < -0.4 is 0 Å². The summed E-state index contributed by atoms with van der Waals surface area (Å²) in [6, 6.07) is 19.3. The minimum atomic E-state index is -0.0631. The van der Waals surface area contributed by atoms with Crippen LogP contribution in [0.5, 0.6) is 0 Å². The lowest BCUT2D eigenvalue weighted by Gasteiger charge is -2.25. The van der Waals surface area contributed by atoms with Crippen LogP contribution in [0, 0.1) is 11.3 Å². The van der Waals surface area contributed by atoms with E-state index in [1.165, 1.54) is 0 Å². The van der Waals surface area contributed by atoms with E-state index in [4.69, 9.17) is 5.26 Å². The van der Waals surface area contributed by atoms with Gasteiger partial charge in [-0.15, -0.1) is 0 Å². The van der Waals surface area contributed by atoms with Crippen molar-refractivity contribution in [2.75, 3.05) is 0 Å². The molecule has 5 nitrogen and oxygen atoms in total. The zero-order valence-electron chi connectivity index (χ0n) is 16.0. The highest BCUT2D eigenvalue weighted by Crippen LogP contribution is 2.13. The molecule has 0 radical (unpaired) electrons. The van der Waals surface area contributed by atoms with Gasteiger partial charge >= 0.3 is 0 Å². The summed E-state index contributed by atoms with van der Waals surface area (Å²) >= 11 is 0. The molecule has 0 saturated carbocycles. The van der Waals surface area contributed by atoms with Crippen molar-refractivity contribution in [3.63, 3.8) is 0 Å². The molecule has 3 aromatic rings. The fraction of sp³-hybridized carbons (Fsp3) is 0.174. The van der Waals surface area contributed by atoms with Gasteiger partial charge in [0.05, 0.1) is 23.5 Å². The van der Waals surface area contributed by atoms with Crippen molar-refractivity contribution in [2.24, 2.45) is 0 Å². The molecule has 0 spiro atoms. The number of nitriles is 1. The lowest BCUT2D eigenvalue weighted by atomic mass is 10.1. The van der Waals surface area contributed by atoms with Gasteiger partial charge in [-0.25, -0.2) is 4.68 Å². The Hall–Kier alpha value is -3.65. The summed E-state index contributed by atoms with van der Waals surface area (Å²) in [7, 11) is 0. The van der Waals surface area contributed by atoms with Crippen molar-refractivity contribution in [1.82, 2.24) is 14.7 Å². The Labute approximate surface area is 165 Å². The van der Waals surface area contributed by atoms with E-state index in [9.17, 15) is 4.79 Å². The molecule has 0 fully saturated rings. The number of rotatable bonds is 6. The van der Waals surface area contributed by atoms with E-state index in [0.29, 0.717) is 12.1 Å². The van der Waals surface area contributed by atoms with E-state index in [0.717, 1.165) is 16.8 Å². The van der Waals surface area contributed by atoms with Crippen LogP contribution in [-0.4, -0.2) is 26.6 Å². The number of carbonyl (C=O) groups excluding carboxylic acids is 1. The second kappa shape index (κ2) is 8.83. The van der Waals surface area contributed by atoms with Gasteiger partial charge in [0.2, 0.25) is 5.91 Å². The Balaban J connectivity index is 1.70. The van der Waals surface area contributed by atoms with Crippen molar-refractivity contribution in [2.45, 2.75) is 26.4 Å². The Morgan fingerprint density at radius 1 is 1.18 bits per heavy atom. The minimum absolute atomic E-state index is 0.0554. The fourth-order valence-electron chi connectivity index (χ4n) is 2.80. The van der Waals surface area contributed by atoms with Gasteiger partial charge in [-0.2, -0.15) is 10.4 Å². The second-order valence-electron chi connectivity index (χ2n) is 6.76. The molecule has 1 amide bonds. The average Bonchev–Trinajstić information content (AvgIpc) is 3.20. The van der Waals surface area contributed by atoms with Crippen molar-refractivity contribution in [3.05, 3.63) is 89.8 Å². The van der Waals surface area contributed by atoms with Crippen molar-refractivity contribution >= 4 is 12.0 Å². The molecule has 5 heteroatoms. The first-order chi connectivity index (χ1) is 13.6. The Bertz CT molecular complexity index is 995. The number of benzene rings is 2. The van der Waals surface area contributed by atoms with Crippen molar-refractivity contribution in [3.8, 4) is 11.8 Å². The van der Waals surface area contributed by atoms with E-state index in [1.807, 2.05) is 62.5 Å². The zero-order chi connectivity index (χ0) is 19.9. The third-order valence-electron chi connectivity index (χ3n) is 4.38. The van der Waals surface area contributed by atoms with Gasteiger partial charge in [0, 0.05) is 30.4 Å². The van der Waals surface area contributed by atoms with Crippen LogP contribution in [0.3, 0.4) is 0 Å². The summed E-state index contributed by atoms with van der Waals surface area (Å²) < 4.78 is 1.78. The van der Waals surface area contributed by atoms with E-state index in [1.54, 1.807) is 40.1 Å². The fourth-order valence-corrected chi connectivity index (χ4v) is 2.80. The molecule has 28 heavy (non-hydrogen) atoms. The molecule has 0 unspecified atom stereocenters. The number of carbonyl (C=O) groups is 1. The van der Waals surface area contributed by atoms with Gasteiger partial charge in [-0.3, -0.25) is 4.79 Å². The predicted octanol–water partition coefficient (Wildman–Crippen LogP) is 4.19.